The molecule has 0 aliphatic carbocycles. The van der Waals surface area contributed by atoms with E-state index in [4.69, 9.17) is 15.0 Å². The molecule has 0 aliphatic rings. The van der Waals surface area contributed by atoms with Crippen LogP contribution < -0.4 is 0 Å². The van der Waals surface area contributed by atoms with Crippen LogP contribution in [0.25, 0.3) is 89.2 Å². The molecule has 10 aromatic rings. The highest BCUT2D eigenvalue weighted by Crippen LogP contribution is 2.38. The lowest BCUT2D eigenvalue weighted by Crippen LogP contribution is -2.07. The Morgan fingerprint density at radius 1 is 0.365 bits per heavy atom. The lowest BCUT2D eigenvalue weighted by molar-refractivity contribution is 0.951. The van der Waals surface area contributed by atoms with Crippen molar-refractivity contribution in [3.63, 3.8) is 0 Å². The summed E-state index contributed by atoms with van der Waals surface area (Å²) in [6, 6.07) is 58.0. The van der Waals surface area contributed by atoms with Gasteiger partial charge in [-0.1, -0.05) is 121 Å². The largest absolute Gasteiger partial charge is 0.309 e. The Morgan fingerprint density at radius 3 is 1.54 bits per heavy atom. The van der Waals surface area contributed by atoms with Gasteiger partial charge in [0.15, 0.2) is 11.6 Å². The Morgan fingerprint density at radius 2 is 0.865 bits per heavy atom. The third-order valence-electron chi connectivity index (χ3n) is 10.3. The molecule has 5 heteroatoms. The first-order chi connectivity index (χ1) is 25.6. The van der Waals surface area contributed by atoms with E-state index in [0.29, 0.717) is 17.6 Å². The van der Waals surface area contributed by atoms with E-state index >= 15 is 0 Å². The fraction of sp³-hybridized carbons (Fsp3) is 0.0426. The van der Waals surface area contributed by atoms with Gasteiger partial charge in [-0.2, -0.15) is 9.97 Å². The van der Waals surface area contributed by atoms with E-state index in [-0.39, 0.29) is 0 Å². The third kappa shape index (κ3) is 4.74. The normalized spacial score (nSPS) is 11.7. The van der Waals surface area contributed by atoms with Gasteiger partial charge in [0.2, 0.25) is 5.95 Å². The van der Waals surface area contributed by atoms with E-state index in [1.807, 2.05) is 24.3 Å². The van der Waals surface area contributed by atoms with Gasteiger partial charge in [0.05, 0.1) is 22.1 Å². The van der Waals surface area contributed by atoms with Crippen LogP contribution in [0.4, 0.5) is 0 Å². The molecule has 0 amide bonds. The van der Waals surface area contributed by atoms with Gasteiger partial charge >= 0.3 is 0 Å². The summed E-state index contributed by atoms with van der Waals surface area (Å²) >= 11 is 0. The molecule has 0 radical (unpaired) electrons. The molecule has 0 unspecified atom stereocenters. The number of benzene rings is 7. The highest BCUT2D eigenvalue weighted by molar-refractivity contribution is 6.12. The van der Waals surface area contributed by atoms with Crippen LogP contribution >= 0.6 is 0 Å². The minimum atomic E-state index is 0.597. The molecule has 0 spiro atoms. The fourth-order valence-electron chi connectivity index (χ4n) is 7.73. The maximum Gasteiger partial charge on any atom is 0.238 e. The van der Waals surface area contributed by atoms with Gasteiger partial charge in [-0.15, -0.1) is 0 Å². The lowest BCUT2D eigenvalue weighted by Gasteiger charge is -2.13. The summed E-state index contributed by atoms with van der Waals surface area (Å²) in [5, 5.41) is 4.78. The van der Waals surface area contributed by atoms with Gasteiger partial charge in [-0.05, 0) is 78.6 Å². The monoisotopic (exact) mass is 667 g/mol. The molecule has 0 atom stereocenters. The van der Waals surface area contributed by atoms with Crippen molar-refractivity contribution in [2.75, 3.05) is 0 Å². The van der Waals surface area contributed by atoms with Crippen LogP contribution in [0.15, 0.2) is 164 Å². The number of fused-ring (bicyclic) bond motifs is 6. The number of hydrogen-bond donors (Lipinski definition) is 0. The second kappa shape index (κ2) is 11.9. The molecule has 10 rings (SSSR count). The van der Waals surface area contributed by atoms with E-state index in [1.165, 1.54) is 21.8 Å². The van der Waals surface area contributed by atoms with Crippen LogP contribution in [0.1, 0.15) is 11.1 Å². The fourth-order valence-corrected chi connectivity index (χ4v) is 7.73. The number of aryl methyl sites for hydroxylation is 2. The molecule has 5 nitrogen and oxygen atoms in total. The SMILES string of the molecule is Cc1ccccc1-c1nc(-c2ccccc2C)nc(-n2c3ccccc3c3cc(-c4ccc5c6ccccc6n(-c6ccccc6)c5c4)ccc32)n1. The zero-order chi connectivity index (χ0) is 34.8. The molecule has 0 fully saturated rings. The number of aromatic nitrogens is 5. The molecule has 0 N–H and O–H groups in total. The predicted molar refractivity (Wildman–Crippen MR) is 214 cm³/mol. The molecule has 3 aromatic heterocycles. The van der Waals surface area contributed by atoms with E-state index in [0.717, 1.165) is 60.9 Å². The smallest absolute Gasteiger partial charge is 0.238 e. The first-order valence-electron chi connectivity index (χ1n) is 17.6. The average molecular weight is 668 g/mol. The molecule has 52 heavy (non-hydrogen) atoms. The van der Waals surface area contributed by atoms with Crippen molar-refractivity contribution in [2.45, 2.75) is 13.8 Å². The molecule has 0 aliphatic heterocycles. The zero-order valence-electron chi connectivity index (χ0n) is 28.8. The van der Waals surface area contributed by atoms with Crippen molar-refractivity contribution in [3.05, 3.63) is 175 Å². The van der Waals surface area contributed by atoms with Gasteiger partial charge < -0.3 is 4.57 Å². The van der Waals surface area contributed by atoms with Crippen molar-refractivity contribution < 1.29 is 0 Å². The van der Waals surface area contributed by atoms with Crippen LogP contribution in [0, 0.1) is 13.8 Å². The van der Waals surface area contributed by atoms with E-state index in [1.54, 1.807) is 0 Å². The molecular weight excluding hydrogens is 635 g/mol. The summed E-state index contributed by atoms with van der Waals surface area (Å²) < 4.78 is 4.56. The number of hydrogen-bond acceptors (Lipinski definition) is 3. The molecule has 3 heterocycles. The standard InChI is InChI=1S/C47H33N5/c1-30-14-6-8-18-35(30)45-48-46(36-19-9-7-15-31(36)2)50-47(49-45)52-42-23-13-11-21-38(42)40-28-32(25-27-43(40)52)33-24-26-39-37-20-10-12-22-41(37)51(44(39)29-33)34-16-4-3-5-17-34/h3-29H,1-2H3. The second-order valence-corrected chi connectivity index (χ2v) is 13.4. The highest BCUT2D eigenvalue weighted by atomic mass is 15.2. The maximum atomic E-state index is 5.17. The maximum absolute atomic E-state index is 5.17. The third-order valence-corrected chi connectivity index (χ3v) is 10.3. The molecule has 0 saturated heterocycles. The molecule has 7 aromatic carbocycles. The van der Waals surface area contributed by atoms with Crippen LogP contribution in [0.3, 0.4) is 0 Å². The molecule has 0 saturated carbocycles. The first-order valence-corrected chi connectivity index (χ1v) is 17.6. The van der Waals surface area contributed by atoms with Crippen molar-refractivity contribution in [2.24, 2.45) is 0 Å². The van der Waals surface area contributed by atoms with Crippen molar-refractivity contribution in [1.82, 2.24) is 24.1 Å². The average Bonchev–Trinajstić information content (AvgIpc) is 3.70. The van der Waals surface area contributed by atoms with Crippen LogP contribution in [0.2, 0.25) is 0 Å². The Labute approximate surface area is 301 Å². The van der Waals surface area contributed by atoms with E-state index in [2.05, 4.69) is 163 Å². The topological polar surface area (TPSA) is 48.5 Å². The Hall–Kier alpha value is -6.85. The van der Waals surface area contributed by atoms with Crippen molar-refractivity contribution in [1.29, 1.82) is 0 Å². The Balaban J connectivity index is 1.19. The van der Waals surface area contributed by atoms with E-state index < -0.39 is 0 Å². The zero-order valence-corrected chi connectivity index (χ0v) is 28.8. The van der Waals surface area contributed by atoms with Gasteiger partial charge in [0, 0.05) is 38.4 Å². The highest BCUT2D eigenvalue weighted by Gasteiger charge is 2.20. The molecule has 0 bridgehead atoms. The van der Waals surface area contributed by atoms with Gasteiger partial charge in [-0.25, -0.2) is 4.98 Å². The van der Waals surface area contributed by atoms with Crippen molar-refractivity contribution >= 4 is 43.6 Å². The number of rotatable bonds is 5. The molecular formula is C47H33N5. The van der Waals surface area contributed by atoms with Crippen molar-refractivity contribution in [3.8, 4) is 45.5 Å². The van der Waals surface area contributed by atoms with Crippen LogP contribution in [-0.4, -0.2) is 24.1 Å². The van der Waals surface area contributed by atoms with Crippen LogP contribution in [-0.2, 0) is 0 Å². The number of nitrogens with zero attached hydrogens (tertiary/aromatic N) is 5. The minimum absolute atomic E-state index is 0.597. The van der Waals surface area contributed by atoms with Gasteiger partial charge in [-0.3, -0.25) is 4.57 Å². The quantitative estimate of drug-likeness (QED) is 0.184. The summed E-state index contributed by atoms with van der Waals surface area (Å²) in [5.41, 5.74) is 12.2. The summed E-state index contributed by atoms with van der Waals surface area (Å²) in [6.45, 7) is 4.20. The van der Waals surface area contributed by atoms with Crippen LogP contribution in [0.5, 0.6) is 0 Å². The predicted octanol–water partition coefficient (Wildman–Crippen LogP) is 11.7. The van der Waals surface area contributed by atoms with E-state index in [9.17, 15) is 0 Å². The van der Waals surface area contributed by atoms with Gasteiger partial charge in [0.25, 0.3) is 0 Å². The summed E-state index contributed by atoms with van der Waals surface area (Å²) in [5.74, 6) is 1.91. The second-order valence-electron chi connectivity index (χ2n) is 13.4. The number of para-hydroxylation sites is 3. The summed E-state index contributed by atoms with van der Waals surface area (Å²) in [6.07, 6.45) is 0. The Bertz CT molecular complexity index is 2920. The minimum Gasteiger partial charge on any atom is -0.309 e. The Kier molecular flexibility index (Phi) is 6.86. The summed E-state index contributed by atoms with van der Waals surface area (Å²) in [7, 11) is 0. The van der Waals surface area contributed by atoms with Gasteiger partial charge in [0.1, 0.15) is 0 Å². The lowest BCUT2D eigenvalue weighted by atomic mass is 10.0. The first kappa shape index (κ1) is 30.0. The summed E-state index contributed by atoms with van der Waals surface area (Å²) in [4.78, 5) is 15.4. The molecule has 246 valence electrons.